The molecule has 0 aliphatic carbocycles. The first kappa shape index (κ1) is 33.5. The number of nitrogens with zero attached hydrogens (tertiary/aromatic N) is 8. The molecule has 3 aromatic heterocycles. The second-order valence-electron chi connectivity index (χ2n) is 8.98. The highest BCUT2D eigenvalue weighted by Gasteiger charge is 2.76. The van der Waals surface area contributed by atoms with Gasteiger partial charge in [0.1, 0.15) is 18.8 Å². The molecule has 45 heavy (non-hydrogen) atoms. The minimum atomic E-state index is -6.46. The number of nitrogens with one attached hydrogen (secondary N) is 2. The summed E-state index contributed by atoms with van der Waals surface area (Å²) in [6.45, 7) is 0.497. The summed E-state index contributed by atoms with van der Waals surface area (Å²) in [5, 5.41) is 26.6. The number of alkyl halides is 7. The number of aryl methyl sites for hydroxylation is 1. The molecule has 0 aliphatic heterocycles. The molecular formula is C24H15ClF7IN10O2. The van der Waals surface area contributed by atoms with E-state index in [1.54, 1.807) is 19.1 Å². The van der Waals surface area contributed by atoms with Crippen LogP contribution in [-0.4, -0.2) is 65.7 Å². The van der Waals surface area contributed by atoms with Crippen molar-refractivity contribution in [2.75, 3.05) is 11.9 Å². The van der Waals surface area contributed by atoms with Crippen LogP contribution >= 0.6 is 34.2 Å². The second kappa shape index (κ2) is 12.5. The first-order valence-electron chi connectivity index (χ1n) is 12.0. The maximum absolute atomic E-state index is 14.4. The SMILES string of the molecule is Cc1cc(I)cc(C(=O)NCC#N)c1NC(=O)c1cc(Cn2nnc(C(F)(C(F)(F)F)C(F)(F)F)n2)nn1-c1ncccc1Cl. The molecule has 4 aromatic rings. The summed E-state index contributed by atoms with van der Waals surface area (Å²) in [5.74, 6) is -3.99. The summed E-state index contributed by atoms with van der Waals surface area (Å²) < 4.78 is 94.7. The fourth-order valence-electron chi connectivity index (χ4n) is 3.85. The van der Waals surface area contributed by atoms with Crippen molar-refractivity contribution in [3.63, 3.8) is 0 Å². The molecule has 3 heterocycles. The Hall–Kier alpha value is -4.39. The number of nitriles is 1. The van der Waals surface area contributed by atoms with Crippen molar-refractivity contribution in [1.29, 1.82) is 5.26 Å². The fraction of sp³-hybridized carbons (Fsp3) is 0.250. The van der Waals surface area contributed by atoms with Crippen LogP contribution in [0.4, 0.5) is 36.4 Å². The lowest BCUT2D eigenvalue weighted by atomic mass is 10.1. The number of tetrazole rings is 1. The quantitative estimate of drug-likeness (QED) is 0.149. The van der Waals surface area contributed by atoms with Crippen molar-refractivity contribution in [2.24, 2.45) is 0 Å². The number of halogens is 9. The first-order valence-corrected chi connectivity index (χ1v) is 13.5. The van der Waals surface area contributed by atoms with Crippen LogP contribution in [0.3, 0.4) is 0 Å². The van der Waals surface area contributed by atoms with Gasteiger partial charge in [-0.3, -0.25) is 9.59 Å². The van der Waals surface area contributed by atoms with Crippen molar-refractivity contribution in [3.05, 3.63) is 73.5 Å². The molecule has 1 aromatic carbocycles. The molecule has 12 nitrogen and oxygen atoms in total. The Balaban J connectivity index is 1.75. The Morgan fingerprint density at radius 3 is 2.38 bits per heavy atom. The highest BCUT2D eigenvalue weighted by Crippen LogP contribution is 2.51. The van der Waals surface area contributed by atoms with E-state index in [4.69, 9.17) is 16.9 Å². The van der Waals surface area contributed by atoms with E-state index in [-0.39, 0.29) is 44.8 Å². The third-order valence-electron chi connectivity index (χ3n) is 5.89. The van der Waals surface area contributed by atoms with E-state index >= 15 is 0 Å². The largest absolute Gasteiger partial charge is 0.439 e. The monoisotopic (exact) mass is 770 g/mol. The van der Waals surface area contributed by atoms with Crippen molar-refractivity contribution < 1.29 is 40.3 Å². The van der Waals surface area contributed by atoms with E-state index in [0.29, 0.717) is 9.13 Å². The molecule has 0 fully saturated rings. The van der Waals surface area contributed by atoms with Crippen LogP contribution in [0.15, 0.2) is 36.5 Å². The van der Waals surface area contributed by atoms with Gasteiger partial charge in [0, 0.05) is 9.77 Å². The molecule has 236 valence electrons. The topological polar surface area (TPSA) is 156 Å². The van der Waals surface area contributed by atoms with Gasteiger partial charge < -0.3 is 10.6 Å². The second-order valence-corrected chi connectivity index (χ2v) is 10.6. The minimum Gasteiger partial charge on any atom is -0.339 e. The number of carbonyl (C=O) groups is 2. The van der Waals surface area contributed by atoms with Gasteiger partial charge in [0.25, 0.3) is 11.8 Å². The van der Waals surface area contributed by atoms with E-state index in [9.17, 15) is 40.3 Å². The van der Waals surface area contributed by atoms with Crippen LogP contribution in [0.1, 0.15) is 37.9 Å². The van der Waals surface area contributed by atoms with E-state index in [1.165, 1.54) is 24.4 Å². The van der Waals surface area contributed by atoms with Gasteiger partial charge in [-0.15, -0.1) is 10.2 Å². The Morgan fingerprint density at radius 2 is 1.76 bits per heavy atom. The summed E-state index contributed by atoms with van der Waals surface area (Å²) in [4.78, 5) is 30.6. The standard InChI is InChI=1S/C24H15ClF7IN10O2/c1-11-7-12(33)8-14(19(44)36-6-4-34)17(11)37-20(45)16-9-13(39-43(16)18-15(25)3-2-5-35-18)10-42-40-21(38-41-42)22(26,23(27,28)29)24(30,31)32/h2-3,5,7-9H,6,10H2,1H3,(H,36,44)(H,37,45). The Kier molecular flexibility index (Phi) is 9.34. The molecule has 4 rings (SSSR count). The average Bonchev–Trinajstić information content (AvgIpc) is 3.59. The van der Waals surface area contributed by atoms with Crippen LogP contribution < -0.4 is 10.6 Å². The van der Waals surface area contributed by atoms with Crippen LogP contribution in [-0.2, 0) is 12.2 Å². The average molecular weight is 771 g/mol. The van der Waals surface area contributed by atoms with Gasteiger partial charge in [-0.25, -0.2) is 14.1 Å². The number of anilines is 1. The van der Waals surface area contributed by atoms with Crippen molar-refractivity contribution in [3.8, 4) is 11.9 Å². The third kappa shape index (κ3) is 6.68. The number of hydrogen-bond donors (Lipinski definition) is 2. The van der Waals surface area contributed by atoms with Crippen LogP contribution in [0.2, 0.25) is 5.02 Å². The van der Waals surface area contributed by atoms with Crippen molar-refractivity contribution >= 4 is 51.7 Å². The normalized spacial score (nSPS) is 12.1. The minimum absolute atomic E-state index is 0.00790. The zero-order valence-electron chi connectivity index (χ0n) is 22.2. The Labute approximate surface area is 265 Å². The van der Waals surface area contributed by atoms with Gasteiger partial charge in [-0.05, 0) is 70.6 Å². The summed E-state index contributed by atoms with van der Waals surface area (Å²) in [7, 11) is 0. The maximum atomic E-state index is 14.4. The number of benzene rings is 1. The van der Waals surface area contributed by atoms with E-state index < -0.39 is 42.2 Å². The molecule has 0 bridgehead atoms. The molecule has 0 saturated carbocycles. The van der Waals surface area contributed by atoms with E-state index in [0.717, 1.165) is 10.7 Å². The number of pyridine rings is 1. The summed E-state index contributed by atoms with van der Waals surface area (Å²) in [5.41, 5.74) is -5.93. The van der Waals surface area contributed by atoms with Gasteiger partial charge in [0.05, 0.1) is 28.0 Å². The lowest BCUT2D eigenvalue weighted by molar-refractivity contribution is -0.351. The van der Waals surface area contributed by atoms with Crippen LogP contribution in [0, 0.1) is 21.8 Å². The van der Waals surface area contributed by atoms with Crippen LogP contribution in [0.25, 0.3) is 5.82 Å². The summed E-state index contributed by atoms with van der Waals surface area (Å²) in [6.07, 6.45) is -11.6. The smallest absolute Gasteiger partial charge is 0.339 e. The molecule has 0 spiro atoms. The zero-order chi connectivity index (χ0) is 33.3. The number of hydrogen-bond acceptors (Lipinski definition) is 8. The number of aromatic nitrogens is 7. The molecule has 21 heteroatoms. The third-order valence-corrected chi connectivity index (χ3v) is 6.81. The van der Waals surface area contributed by atoms with Gasteiger partial charge in [-0.2, -0.15) is 41.5 Å². The van der Waals surface area contributed by atoms with E-state index in [2.05, 4.69) is 36.1 Å². The highest BCUT2D eigenvalue weighted by molar-refractivity contribution is 14.1. The lowest BCUT2D eigenvalue weighted by Crippen LogP contribution is -2.51. The molecule has 0 atom stereocenters. The predicted molar refractivity (Wildman–Crippen MR) is 148 cm³/mol. The first-order chi connectivity index (χ1) is 21.0. The molecule has 0 aliphatic rings. The fourth-order valence-corrected chi connectivity index (χ4v) is 4.83. The molecule has 2 N–H and O–H groups in total. The Bertz CT molecular complexity index is 1800. The number of rotatable bonds is 8. The van der Waals surface area contributed by atoms with Gasteiger partial charge in [-0.1, -0.05) is 11.6 Å². The zero-order valence-corrected chi connectivity index (χ0v) is 25.1. The Morgan fingerprint density at radius 1 is 1.07 bits per heavy atom. The van der Waals surface area contributed by atoms with Gasteiger partial charge in [0.2, 0.25) is 5.82 Å². The van der Waals surface area contributed by atoms with Gasteiger partial charge in [0.15, 0.2) is 5.82 Å². The van der Waals surface area contributed by atoms with Crippen LogP contribution in [0.5, 0.6) is 0 Å². The highest BCUT2D eigenvalue weighted by atomic mass is 127. The molecule has 0 unspecified atom stereocenters. The predicted octanol–water partition coefficient (Wildman–Crippen LogP) is 4.66. The molecule has 0 radical (unpaired) electrons. The number of carbonyl (C=O) groups excluding carboxylic acids is 2. The molecular weight excluding hydrogens is 756 g/mol. The van der Waals surface area contributed by atoms with Crippen molar-refractivity contribution in [1.82, 2.24) is 40.3 Å². The molecule has 2 amide bonds. The summed E-state index contributed by atoms with van der Waals surface area (Å²) in [6, 6.07) is 8.79. The lowest BCUT2D eigenvalue weighted by Gasteiger charge is -2.26. The van der Waals surface area contributed by atoms with Gasteiger partial charge >= 0.3 is 18.0 Å². The number of amides is 2. The molecule has 0 saturated heterocycles. The summed E-state index contributed by atoms with van der Waals surface area (Å²) >= 11 is 8.18. The van der Waals surface area contributed by atoms with E-state index in [1.807, 2.05) is 22.6 Å². The van der Waals surface area contributed by atoms with Crippen molar-refractivity contribution in [2.45, 2.75) is 31.5 Å². The maximum Gasteiger partial charge on any atom is 0.439 e.